The normalized spacial score (nSPS) is 21.2. The molecule has 5 nitrogen and oxygen atoms in total. The molecule has 2 aromatic carbocycles. The number of carbonyl (C=O) groups is 1. The van der Waals surface area contributed by atoms with Crippen molar-refractivity contribution in [3.05, 3.63) is 59.4 Å². The number of halogens is 3. The fourth-order valence-electron chi connectivity index (χ4n) is 5.51. The summed E-state index contributed by atoms with van der Waals surface area (Å²) in [5.41, 5.74) is 3.51. The number of benzene rings is 2. The van der Waals surface area contributed by atoms with Gasteiger partial charge in [0.1, 0.15) is 17.7 Å². The number of hydrogen-bond acceptors (Lipinski definition) is 4. The zero-order valence-electron chi connectivity index (χ0n) is 19.5. The summed E-state index contributed by atoms with van der Waals surface area (Å²) in [7, 11) is 0. The fraction of sp³-hybridized carbons (Fsp3) is 0.462. The summed E-state index contributed by atoms with van der Waals surface area (Å²) in [6.07, 6.45) is -1.48. The minimum Gasteiger partial charge on any atom is -0.459 e. The Bertz CT molecular complexity index is 1140. The van der Waals surface area contributed by atoms with Gasteiger partial charge in [-0.1, -0.05) is 39.0 Å². The van der Waals surface area contributed by atoms with Crippen molar-refractivity contribution in [2.45, 2.75) is 58.9 Å². The van der Waals surface area contributed by atoms with Gasteiger partial charge in [0.05, 0.1) is 11.0 Å². The van der Waals surface area contributed by atoms with E-state index in [9.17, 15) is 18.0 Å². The van der Waals surface area contributed by atoms with Crippen molar-refractivity contribution in [1.29, 1.82) is 0 Å². The van der Waals surface area contributed by atoms with Crippen LogP contribution in [0.3, 0.4) is 0 Å². The monoisotopic (exact) mass is 474 g/mol. The lowest BCUT2D eigenvalue weighted by atomic mass is 9.66. The molecule has 1 heterocycles. The van der Waals surface area contributed by atoms with Crippen molar-refractivity contribution in [1.82, 2.24) is 9.97 Å². The second kappa shape index (κ2) is 9.31. The number of fused-ring (bicyclic) bond motifs is 1. The Morgan fingerprint density at radius 1 is 1.18 bits per heavy atom. The highest BCUT2D eigenvalue weighted by atomic mass is 19.4. The third kappa shape index (κ3) is 5.90. The van der Waals surface area contributed by atoms with E-state index < -0.39 is 6.36 Å². The molecule has 1 aromatic heterocycles. The van der Waals surface area contributed by atoms with Crippen LogP contribution < -0.4 is 4.74 Å². The van der Waals surface area contributed by atoms with E-state index in [-0.39, 0.29) is 23.2 Å². The van der Waals surface area contributed by atoms with Gasteiger partial charge in [-0.25, -0.2) is 4.98 Å². The van der Waals surface area contributed by atoms with Gasteiger partial charge in [0.2, 0.25) is 0 Å². The Morgan fingerprint density at radius 3 is 2.56 bits per heavy atom. The highest BCUT2D eigenvalue weighted by Gasteiger charge is 2.37. The van der Waals surface area contributed by atoms with E-state index in [1.165, 1.54) is 12.1 Å². The van der Waals surface area contributed by atoms with Crippen molar-refractivity contribution in [2.75, 3.05) is 0 Å². The van der Waals surface area contributed by atoms with Crippen LogP contribution in [0.4, 0.5) is 13.2 Å². The Morgan fingerprint density at radius 2 is 1.91 bits per heavy atom. The fourth-order valence-corrected chi connectivity index (χ4v) is 5.51. The minimum absolute atomic E-state index is 0.192. The average molecular weight is 475 g/mol. The third-order valence-corrected chi connectivity index (χ3v) is 6.46. The lowest BCUT2D eigenvalue weighted by molar-refractivity contribution is -0.274. The number of nitrogens with one attached hydrogen (secondary N) is 1. The molecule has 0 radical (unpaired) electrons. The number of nitrogens with zero attached hydrogens (tertiary/aromatic N) is 1. The number of aromatic amines is 1. The largest absolute Gasteiger partial charge is 0.573 e. The standard InChI is InChI=1S/C26H29F3N2O3/c1-16-10-19(14-25(2,3)13-16)24(33-15-32)18-6-9-21-22(12-18)31-23(30-21)11-17-4-7-20(8-5-17)34-26(27,28)29/h4-9,12,15-16,19,24H,10-11,13-14H2,1-3H3,(H,30,31). The maximum absolute atomic E-state index is 12.4. The quantitative estimate of drug-likeness (QED) is 0.386. The Balaban J connectivity index is 1.53. The molecule has 1 aliphatic carbocycles. The van der Waals surface area contributed by atoms with Crippen LogP contribution in [0.15, 0.2) is 42.5 Å². The smallest absolute Gasteiger partial charge is 0.459 e. The predicted molar refractivity (Wildman–Crippen MR) is 122 cm³/mol. The Hall–Kier alpha value is -3.03. The van der Waals surface area contributed by atoms with Crippen molar-refractivity contribution in [3.63, 3.8) is 0 Å². The summed E-state index contributed by atoms with van der Waals surface area (Å²) in [6, 6.07) is 11.6. The topological polar surface area (TPSA) is 64.2 Å². The molecule has 4 rings (SSSR count). The second-order valence-corrected chi connectivity index (χ2v) is 10.2. The van der Waals surface area contributed by atoms with Crippen LogP contribution in [0.1, 0.15) is 63.1 Å². The molecule has 3 aromatic rings. The summed E-state index contributed by atoms with van der Waals surface area (Å²) < 4.78 is 46.6. The van der Waals surface area contributed by atoms with Gasteiger partial charge in [0.15, 0.2) is 0 Å². The molecule has 1 fully saturated rings. The zero-order valence-corrected chi connectivity index (χ0v) is 19.5. The first-order valence-electron chi connectivity index (χ1n) is 11.4. The van der Waals surface area contributed by atoms with Gasteiger partial charge in [-0.05, 0) is 66.0 Å². The number of carbonyl (C=O) groups excluding carboxylic acids is 1. The molecule has 3 unspecified atom stereocenters. The molecule has 34 heavy (non-hydrogen) atoms. The molecule has 0 amide bonds. The van der Waals surface area contributed by atoms with Crippen LogP contribution >= 0.6 is 0 Å². The first kappa shape index (κ1) is 24.1. The van der Waals surface area contributed by atoms with Gasteiger partial charge >= 0.3 is 6.36 Å². The summed E-state index contributed by atoms with van der Waals surface area (Å²) in [5, 5.41) is 0. The summed E-state index contributed by atoms with van der Waals surface area (Å²) in [5.74, 6) is 1.22. The van der Waals surface area contributed by atoms with Crippen molar-refractivity contribution in [3.8, 4) is 5.75 Å². The molecule has 1 aliphatic rings. The number of H-pyrrole nitrogens is 1. The highest BCUT2D eigenvalue weighted by molar-refractivity contribution is 5.76. The molecule has 182 valence electrons. The van der Waals surface area contributed by atoms with Gasteiger partial charge in [0, 0.05) is 12.3 Å². The van der Waals surface area contributed by atoms with Crippen LogP contribution in [0.25, 0.3) is 11.0 Å². The molecule has 0 aliphatic heterocycles. The Labute approximate surface area is 196 Å². The lowest BCUT2D eigenvalue weighted by Crippen LogP contribution is -2.31. The number of alkyl halides is 3. The summed E-state index contributed by atoms with van der Waals surface area (Å²) in [4.78, 5) is 19.3. The van der Waals surface area contributed by atoms with Crippen LogP contribution in [0, 0.1) is 17.3 Å². The predicted octanol–water partition coefficient (Wildman–Crippen LogP) is 6.73. The van der Waals surface area contributed by atoms with E-state index in [1.807, 2.05) is 18.2 Å². The zero-order chi connectivity index (χ0) is 24.5. The molecule has 3 atom stereocenters. The molecule has 0 bridgehead atoms. The van der Waals surface area contributed by atoms with E-state index in [2.05, 4.69) is 35.5 Å². The van der Waals surface area contributed by atoms with E-state index in [0.29, 0.717) is 24.6 Å². The Kier molecular flexibility index (Phi) is 6.60. The van der Waals surface area contributed by atoms with Crippen molar-refractivity contribution < 1.29 is 27.4 Å². The summed E-state index contributed by atoms with van der Waals surface area (Å²) >= 11 is 0. The number of hydrogen-bond donors (Lipinski definition) is 1. The van der Waals surface area contributed by atoms with Crippen LogP contribution in [0.2, 0.25) is 0 Å². The van der Waals surface area contributed by atoms with Crippen molar-refractivity contribution >= 4 is 17.5 Å². The maximum Gasteiger partial charge on any atom is 0.573 e. The molecule has 0 spiro atoms. The van der Waals surface area contributed by atoms with Gasteiger partial charge in [0.25, 0.3) is 6.47 Å². The molecule has 1 saturated carbocycles. The molecule has 1 N–H and O–H groups in total. The van der Waals surface area contributed by atoms with Crippen LogP contribution in [0.5, 0.6) is 5.75 Å². The minimum atomic E-state index is -4.71. The van der Waals surface area contributed by atoms with Gasteiger partial charge < -0.3 is 14.5 Å². The molecular formula is C26H29F3N2O3. The number of aromatic nitrogens is 2. The third-order valence-electron chi connectivity index (χ3n) is 6.46. The first-order valence-corrected chi connectivity index (χ1v) is 11.4. The molecule has 8 heteroatoms. The van der Waals surface area contributed by atoms with E-state index in [1.54, 1.807) is 12.1 Å². The first-order chi connectivity index (χ1) is 16.0. The second-order valence-electron chi connectivity index (χ2n) is 10.2. The van der Waals surface area contributed by atoms with Crippen molar-refractivity contribution in [2.24, 2.45) is 17.3 Å². The number of ether oxygens (including phenoxy) is 2. The number of imidazole rings is 1. The van der Waals surface area contributed by atoms with E-state index in [4.69, 9.17) is 4.74 Å². The average Bonchev–Trinajstić information content (AvgIpc) is 3.12. The highest BCUT2D eigenvalue weighted by Crippen LogP contribution is 2.47. The molecular weight excluding hydrogens is 445 g/mol. The molecule has 0 saturated heterocycles. The van der Waals surface area contributed by atoms with Gasteiger partial charge in [-0.15, -0.1) is 13.2 Å². The lowest BCUT2D eigenvalue weighted by Gasteiger charge is -2.41. The van der Waals surface area contributed by atoms with Gasteiger partial charge in [-0.2, -0.15) is 0 Å². The summed E-state index contributed by atoms with van der Waals surface area (Å²) in [6.45, 7) is 7.30. The SMILES string of the molecule is CC1CC(C(OC=O)c2ccc3[nH]c(Cc4ccc(OC(F)(F)F)cc4)nc3c2)CC(C)(C)C1. The number of rotatable bonds is 7. The van der Waals surface area contributed by atoms with E-state index >= 15 is 0 Å². The van der Waals surface area contributed by atoms with Crippen LogP contribution in [-0.2, 0) is 16.0 Å². The van der Waals surface area contributed by atoms with Crippen LogP contribution in [-0.4, -0.2) is 22.8 Å². The maximum atomic E-state index is 12.4. The van der Waals surface area contributed by atoms with E-state index in [0.717, 1.165) is 41.4 Å². The van der Waals surface area contributed by atoms with Gasteiger partial charge in [-0.3, -0.25) is 4.79 Å².